The van der Waals surface area contributed by atoms with Gasteiger partial charge in [0.05, 0.1) is 13.2 Å². The summed E-state index contributed by atoms with van der Waals surface area (Å²) in [7, 11) is 0. The fraction of sp³-hybridized carbons (Fsp3) is 0.980. The molecule has 0 aromatic heterocycles. The van der Waals surface area contributed by atoms with Crippen LogP contribution in [0.4, 0.5) is 0 Å². The Hall–Kier alpha value is -0.610. The second-order valence-electron chi connectivity index (χ2n) is 17.4. The Balaban J connectivity index is 4.07. The molecule has 0 aromatic rings. The summed E-state index contributed by atoms with van der Waals surface area (Å²) in [5, 5.41) is 0. The maximum absolute atomic E-state index is 13.0. The number of hydrogen-bond donors (Lipinski definition) is 0. The summed E-state index contributed by atoms with van der Waals surface area (Å²) in [5.41, 5.74) is 0. The van der Waals surface area contributed by atoms with Crippen LogP contribution >= 0.6 is 0 Å². The number of hydrogen-bond acceptors (Lipinski definition) is 4. The normalized spacial score (nSPS) is 12.1. The van der Waals surface area contributed by atoms with Crippen LogP contribution in [0.15, 0.2) is 0 Å². The van der Waals surface area contributed by atoms with Gasteiger partial charge in [0, 0.05) is 13.2 Å². The highest BCUT2D eigenvalue weighted by Crippen LogP contribution is 2.16. The van der Waals surface area contributed by atoms with Crippen LogP contribution in [0.25, 0.3) is 0 Å². The van der Waals surface area contributed by atoms with Gasteiger partial charge >= 0.3 is 5.97 Å². The van der Waals surface area contributed by atoms with Gasteiger partial charge in [0.15, 0.2) is 6.10 Å². The molecule has 0 amide bonds. The lowest BCUT2D eigenvalue weighted by molar-refractivity contribution is -0.161. The summed E-state index contributed by atoms with van der Waals surface area (Å²) in [4.78, 5) is 13.0. The molecule has 0 saturated carbocycles. The van der Waals surface area contributed by atoms with Crippen LogP contribution in [0, 0.1) is 0 Å². The summed E-state index contributed by atoms with van der Waals surface area (Å²) in [6.07, 6.45) is 55.8. The third-order valence-electron chi connectivity index (χ3n) is 11.7. The Morgan fingerprint density at radius 1 is 0.309 bits per heavy atom. The SMILES string of the molecule is CCCCCCCCCCCCCCCCOCC(OCCCCCCCCCCCCCCCC)C(=O)OCCCCCCCCCCCCCCCC. The molecule has 0 aliphatic heterocycles. The van der Waals surface area contributed by atoms with Crippen molar-refractivity contribution < 1.29 is 19.0 Å². The largest absolute Gasteiger partial charge is 0.464 e. The van der Waals surface area contributed by atoms with E-state index in [1.165, 1.54) is 244 Å². The van der Waals surface area contributed by atoms with E-state index in [9.17, 15) is 4.79 Å². The standard InChI is InChI=1S/C51H102O4/c1-4-7-10-13-16-19-22-25-28-31-34-37-40-43-46-53-49-50(54-47-44-41-38-35-32-29-26-23-20-17-14-11-8-5-2)51(52)55-48-45-42-39-36-33-30-27-24-21-18-15-12-9-6-3/h50H,4-49H2,1-3H3. The van der Waals surface area contributed by atoms with Crippen LogP contribution in [-0.4, -0.2) is 38.5 Å². The fourth-order valence-corrected chi connectivity index (χ4v) is 7.86. The first-order valence-corrected chi connectivity index (χ1v) is 25.6. The molecule has 0 N–H and O–H groups in total. The Bertz CT molecular complexity index is 696. The van der Waals surface area contributed by atoms with Crippen molar-refractivity contribution in [1.29, 1.82) is 0 Å². The molecule has 0 aromatic carbocycles. The van der Waals surface area contributed by atoms with E-state index in [1.807, 2.05) is 0 Å². The summed E-state index contributed by atoms with van der Waals surface area (Å²) >= 11 is 0. The molecule has 0 rings (SSSR count). The van der Waals surface area contributed by atoms with Crippen molar-refractivity contribution >= 4 is 5.97 Å². The van der Waals surface area contributed by atoms with Crippen molar-refractivity contribution in [2.75, 3.05) is 26.4 Å². The minimum atomic E-state index is -0.583. The summed E-state index contributed by atoms with van der Waals surface area (Å²) in [6, 6.07) is 0. The zero-order chi connectivity index (χ0) is 39.8. The highest BCUT2D eigenvalue weighted by Gasteiger charge is 2.21. The van der Waals surface area contributed by atoms with E-state index in [0.29, 0.717) is 26.4 Å². The van der Waals surface area contributed by atoms with Gasteiger partial charge in [0.25, 0.3) is 0 Å². The highest BCUT2D eigenvalue weighted by molar-refractivity contribution is 5.74. The topological polar surface area (TPSA) is 44.8 Å². The first-order chi connectivity index (χ1) is 27.3. The molecule has 0 bridgehead atoms. The predicted octanol–water partition coefficient (Wildman–Crippen LogP) is 17.4. The van der Waals surface area contributed by atoms with E-state index in [0.717, 1.165) is 25.7 Å². The van der Waals surface area contributed by atoms with Crippen molar-refractivity contribution in [2.45, 2.75) is 297 Å². The number of carbonyl (C=O) groups is 1. The number of rotatable bonds is 49. The minimum Gasteiger partial charge on any atom is -0.464 e. The van der Waals surface area contributed by atoms with E-state index in [2.05, 4.69) is 20.8 Å². The van der Waals surface area contributed by atoms with Crippen LogP contribution in [0.2, 0.25) is 0 Å². The summed E-state index contributed by atoms with van der Waals surface area (Å²) < 4.78 is 17.8. The van der Waals surface area contributed by atoms with Crippen molar-refractivity contribution in [1.82, 2.24) is 0 Å². The molecule has 1 unspecified atom stereocenters. The van der Waals surface area contributed by atoms with Gasteiger partial charge < -0.3 is 14.2 Å². The van der Waals surface area contributed by atoms with Crippen LogP contribution < -0.4 is 0 Å². The average Bonchev–Trinajstić information content (AvgIpc) is 3.19. The lowest BCUT2D eigenvalue weighted by atomic mass is 10.0. The molecule has 0 heterocycles. The van der Waals surface area contributed by atoms with Crippen molar-refractivity contribution in [3.63, 3.8) is 0 Å². The zero-order valence-electron chi connectivity index (χ0n) is 38.2. The number of esters is 1. The second-order valence-corrected chi connectivity index (χ2v) is 17.4. The van der Waals surface area contributed by atoms with Crippen molar-refractivity contribution in [3.05, 3.63) is 0 Å². The molecular formula is C51H102O4. The van der Waals surface area contributed by atoms with Gasteiger partial charge in [-0.25, -0.2) is 4.79 Å². The fourth-order valence-electron chi connectivity index (χ4n) is 7.86. The van der Waals surface area contributed by atoms with Gasteiger partial charge in [-0.15, -0.1) is 0 Å². The quantitative estimate of drug-likeness (QED) is 0.0456. The Morgan fingerprint density at radius 3 is 0.836 bits per heavy atom. The first kappa shape index (κ1) is 54.4. The first-order valence-electron chi connectivity index (χ1n) is 25.6. The van der Waals surface area contributed by atoms with Crippen molar-refractivity contribution in [2.24, 2.45) is 0 Å². The van der Waals surface area contributed by atoms with Gasteiger partial charge in [-0.1, -0.05) is 271 Å². The van der Waals surface area contributed by atoms with Gasteiger partial charge in [-0.3, -0.25) is 0 Å². The molecular weight excluding hydrogens is 677 g/mol. The second kappa shape index (κ2) is 49.5. The van der Waals surface area contributed by atoms with Gasteiger partial charge in [0.2, 0.25) is 0 Å². The van der Waals surface area contributed by atoms with Crippen molar-refractivity contribution in [3.8, 4) is 0 Å². The monoisotopic (exact) mass is 779 g/mol. The van der Waals surface area contributed by atoms with Crippen LogP contribution in [0.1, 0.15) is 290 Å². The van der Waals surface area contributed by atoms with E-state index < -0.39 is 6.10 Å². The maximum atomic E-state index is 13.0. The average molecular weight is 779 g/mol. The zero-order valence-corrected chi connectivity index (χ0v) is 38.2. The molecule has 0 fully saturated rings. The van der Waals surface area contributed by atoms with Gasteiger partial charge in [0.1, 0.15) is 0 Å². The lowest BCUT2D eigenvalue weighted by Gasteiger charge is -2.17. The molecule has 330 valence electrons. The predicted molar refractivity (Wildman–Crippen MR) is 242 cm³/mol. The van der Waals surface area contributed by atoms with Gasteiger partial charge in [-0.05, 0) is 19.3 Å². The third kappa shape index (κ3) is 46.0. The molecule has 0 spiro atoms. The Labute approximate surface area is 346 Å². The molecule has 4 heteroatoms. The summed E-state index contributed by atoms with van der Waals surface area (Å²) in [6.45, 7) is 9.05. The van der Waals surface area contributed by atoms with Gasteiger partial charge in [-0.2, -0.15) is 0 Å². The Morgan fingerprint density at radius 2 is 0.545 bits per heavy atom. The van der Waals surface area contributed by atoms with E-state index in [-0.39, 0.29) is 5.97 Å². The summed E-state index contributed by atoms with van der Waals surface area (Å²) in [5.74, 6) is -0.221. The minimum absolute atomic E-state index is 0.221. The van der Waals surface area contributed by atoms with Crippen LogP contribution in [-0.2, 0) is 19.0 Å². The number of carbonyl (C=O) groups excluding carboxylic acids is 1. The number of unbranched alkanes of at least 4 members (excludes halogenated alkanes) is 39. The molecule has 0 aliphatic rings. The van der Waals surface area contributed by atoms with Crippen LogP contribution in [0.3, 0.4) is 0 Å². The molecule has 0 saturated heterocycles. The van der Waals surface area contributed by atoms with E-state index >= 15 is 0 Å². The smallest absolute Gasteiger partial charge is 0.337 e. The molecule has 1 atom stereocenters. The number of ether oxygens (including phenoxy) is 3. The lowest BCUT2D eigenvalue weighted by Crippen LogP contribution is -2.32. The highest BCUT2D eigenvalue weighted by atomic mass is 16.6. The molecule has 0 aliphatic carbocycles. The van der Waals surface area contributed by atoms with Crippen LogP contribution in [0.5, 0.6) is 0 Å². The molecule has 55 heavy (non-hydrogen) atoms. The van der Waals surface area contributed by atoms with E-state index in [1.54, 1.807) is 0 Å². The Kier molecular flexibility index (Phi) is 49.0. The molecule has 0 radical (unpaired) electrons. The third-order valence-corrected chi connectivity index (χ3v) is 11.7. The van der Waals surface area contributed by atoms with E-state index in [4.69, 9.17) is 14.2 Å². The maximum Gasteiger partial charge on any atom is 0.337 e. The molecule has 4 nitrogen and oxygen atoms in total.